The van der Waals surface area contributed by atoms with Gasteiger partial charge in [-0.1, -0.05) is 25.5 Å². The molecule has 1 heterocycles. The minimum Gasteiger partial charge on any atom is -0.394 e. The van der Waals surface area contributed by atoms with Gasteiger partial charge in [-0.15, -0.1) is 0 Å². The minimum absolute atomic E-state index is 0.0391. The Kier molecular flexibility index (Phi) is 4.11. The molecule has 3 N–H and O–H groups in total. The average molecular weight is 298 g/mol. The van der Waals surface area contributed by atoms with Crippen LogP contribution in [0, 0.1) is 0 Å². The highest BCUT2D eigenvalue weighted by Gasteiger charge is 2.33. The molecule has 0 saturated carbocycles. The largest absolute Gasteiger partial charge is 0.418 e. The van der Waals surface area contributed by atoms with Gasteiger partial charge in [-0.05, 0) is 18.6 Å². The van der Waals surface area contributed by atoms with Crippen LogP contribution in [0.25, 0.3) is 0 Å². The molecule has 2 aromatic rings. The number of hydrogen-bond acceptors (Lipinski definition) is 3. The number of hydrogen-bond donors (Lipinski definition) is 2. The predicted octanol–water partition coefficient (Wildman–Crippen LogP) is 3.72. The molecule has 1 aromatic carbocycles. The molecule has 2 rings (SSSR count). The van der Waals surface area contributed by atoms with Crippen molar-refractivity contribution < 1.29 is 13.2 Å². The van der Waals surface area contributed by atoms with Gasteiger partial charge in [-0.2, -0.15) is 18.3 Å². The van der Waals surface area contributed by atoms with Crippen LogP contribution in [0.15, 0.2) is 24.3 Å². The summed E-state index contributed by atoms with van der Waals surface area (Å²) in [5.74, 6) is 0.371. The van der Waals surface area contributed by atoms with E-state index in [0.717, 1.165) is 12.5 Å². The van der Waals surface area contributed by atoms with Crippen LogP contribution in [0.5, 0.6) is 0 Å². The molecule has 1 aromatic heterocycles. The van der Waals surface area contributed by atoms with Crippen LogP contribution in [0.4, 0.5) is 30.4 Å². The third-order valence-corrected chi connectivity index (χ3v) is 3.13. The molecule has 114 valence electrons. The molecule has 0 unspecified atom stereocenters. The van der Waals surface area contributed by atoms with Crippen molar-refractivity contribution >= 4 is 17.2 Å². The lowest BCUT2D eigenvalue weighted by molar-refractivity contribution is -0.136. The topological polar surface area (TPSA) is 55.9 Å². The summed E-state index contributed by atoms with van der Waals surface area (Å²) in [6.45, 7) is 1.99. The molecule has 0 saturated heterocycles. The number of nitrogens with two attached hydrogens (primary N) is 1. The lowest BCUT2D eigenvalue weighted by Crippen LogP contribution is -2.10. The second kappa shape index (κ2) is 5.67. The highest BCUT2D eigenvalue weighted by Crippen LogP contribution is 2.37. The van der Waals surface area contributed by atoms with Gasteiger partial charge in [0.05, 0.1) is 22.6 Å². The summed E-state index contributed by atoms with van der Waals surface area (Å²) in [4.78, 5) is 0. The smallest absolute Gasteiger partial charge is 0.394 e. The molecular formula is C14H17F3N4. The van der Waals surface area contributed by atoms with Gasteiger partial charge in [-0.25, -0.2) is 0 Å². The summed E-state index contributed by atoms with van der Waals surface area (Å²) in [5.41, 5.74) is 6.27. The van der Waals surface area contributed by atoms with Crippen LogP contribution in [-0.2, 0) is 19.6 Å². The molecule has 21 heavy (non-hydrogen) atoms. The molecule has 0 fully saturated rings. The number of alkyl halides is 3. The molecule has 0 aliphatic rings. The van der Waals surface area contributed by atoms with E-state index in [9.17, 15) is 13.2 Å². The molecule has 0 radical (unpaired) electrons. The molecule has 0 atom stereocenters. The SMILES string of the molecule is CCCc1nn(C)c(Nc2ccccc2C(F)(F)F)c1N. The van der Waals surface area contributed by atoms with Gasteiger partial charge in [-0.3, -0.25) is 4.68 Å². The minimum atomic E-state index is -4.43. The van der Waals surface area contributed by atoms with Gasteiger partial charge in [0.2, 0.25) is 0 Å². The third-order valence-electron chi connectivity index (χ3n) is 3.13. The highest BCUT2D eigenvalue weighted by atomic mass is 19.4. The van der Waals surface area contributed by atoms with Crippen molar-refractivity contribution in [1.29, 1.82) is 0 Å². The maximum atomic E-state index is 13.0. The van der Waals surface area contributed by atoms with E-state index in [2.05, 4.69) is 10.4 Å². The van der Waals surface area contributed by atoms with Crippen LogP contribution in [0.1, 0.15) is 24.6 Å². The van der Waals surface area contributed by atoms with Crippen LogP contribution in [-0.4, -0.2) is 9.78 Å². The van der Waals surface area contributed by atoms with E-state index < -0.39 is 11.7 Å². The zero-order valence-electron chi connectivity index (χ0n) is 11.8. The number of nitrogen functional groups attached to an aromatic ring is 1. The zero-order chi connectivity index (χ0) is 15.6. The van der Waals surface area contributed by atoms with Gasteiger partial charge >= 0.3 is 6.18 Å². The van der Waals surface area contributed by atoms with E-state index in [-0.39, 0.29) is 5.69 Å². The highest BCUT2D eigenvalue weighted by molar-refractivity contribution is 5.73. The Morgan fingerprint density at radius 3 is 2.57 bits per heavy atom. The standard InChI is InChI=1S/C14H17F3N4/c1-3-6-11-12(18)13(21(2)20-11)19-10-8-5-4-7-9(10)14(15,16)17/h4-5,7-8,19H,3,6,18H2,1-2H3. The number of benzene rings is 1. The summed E-state index contributed by atoms with van der Waals surface area (Å²) in [5, 5.41) is 6.99. The monoisotopic (exact) mass is 298 g/mol. The Morgan fingerprint density at radius 1 is 1.29 bits per heavy atom. The summed E-state index contributed by atoms with van der Waals surface area (Å²) >= 11 is 0. The normalized spacial score (nSPS) is 11.7. The number of nitrogens with zero attached hydrogens (tertiary/aromatic N) is 2. The van der Waals surface area contributed by atoms with Crippen molar-refractivity contribution in [3.63, 3.8) is 0 Å². The summed E-state index contributed by atoms with van der Waals surface area (Å²) in [7, 11) is 1.65. The van der Waals surface area contributed by atoms with E-state index in [1.165, 1.54) is 22.9 Å². The van der Waals surface area contributed by atoms with E-state index in [0.29, 0.717) is 23.6 Å². The molecular weight excluding hydrogens is 281 g/mol. The fourth-order valence-corrected chi connectivity index (χ4v) is 2.13. The number of nitrogens with one attached hydrogen (secondary N) is 1. The van der Waals surface area contributed by atoms with E-state index >= 15 is 0 Å². The fourth-order valence-electron chi connectivity index (χ4n) is 2.13. The van der Waals surface area contributed by atoms with Crippen LogP contribution in [0.2, 0.25) is 0 Å². The lowest BCUT2D eigenvalue weighted by Gasteiger charge is -2.14. The summed E-state index contributed by atoms with van der Waals surface area (Å²) in [6.07, 6.45) is -2.88. The van der Waals surface area contributed by atoms with E-state index in [1.54, 1.807) is 7.05 Å². The summed E-state index contributed by atoms with van der Waals surface area (Å²) < 4.78 is 40.4. The van der Waals surface area contributed by atoms with Gasteiger partial charge in [0, 0.05) is 7.05 Å². The van der Waals surface area contributed by atoms with Gasteiger partial charge in [0.25, 0.3) is 0 Å². The molecule has 0 aliphatic heterocycles. The fraction of sp³-hybridized carbons (Fsp3) is 0.357. The first-order valence-corrected chi connectivity index (χ1v) is 6.59. The van der Waals surface area contributed by atoms with Crippen LogP contribution >= 0.6 is 0 Å². The second-order valence-electron chi connectivity index (χ2n) is 4.75. The molecule has 0 bridgehead atoms. The van der Waals surface area contributed by atoms with E-state index in [4.69, 9.17) is 5.73 Å². The maximum Gasteiger partial charge on any atom is 0.418 e. The van der Waals surface area contributed by atoms with Crippen LogP contribution < -0.4 is 11.1 Å². The first kappa shape index (κ1) is 15.2. The first-order chi connectivity index (χ1) is 9.84. The maximum absolute atomic E-state index is 13.0. The number of aryl methyl sites for hydroxylation is 2. The molecule has 0 spiro atoms. The molecule has 0 aliphatic carbocycles. The number of aromatic nitrogens is 2. The van der Waals surface area contributed by atoms with Crippen LogP contribution in [0.3, 0.4) is 0 Å². The molecule has 0 amide bonds. The second-order valence-corrected chi connectivity index (χ2v) is 4.75. The molecule has 7 heteroatoms. The Morgan fingerprint density at radius 2 is 1.95 bits per heavy atom. The van der Waals surface area contributed by atoms with E-state index in [1.807, 2.05) is 6.92 Å². The van der Waals surface area contributed by atoms with Crippen molar-refractivity contribution in [3.8, 4) is 0 Å². The number of para-hydroxylation sites is 1. The first-order valence-electron chi connectivity index (χ1n) is 6.59. The third kappa shape index (κ3) is 3.12. The Balaban J connectivity index is 2.40. The zero-order valence-corrected chi connectivity index (χ0v) is 11.8. The number of rotatable bonds is 4. The van der Waals surface area contributed by atoms with Crippen molar-refractivity contribution in [2.75, 3.05) is 11.1 Å². The quantitative estimate of drug-likeness (QED) is 0.904. The number of halogens is 3. The lowest BCUT2D eigenvalue weighted by atomic mass is 10.1. The summed E-state index contributed by atoms with van der Waals surface area (Å²) in [6, 6.07) is 5.29. The number of anilines is 3. The Bertz CT molecular complexity index is 632. The Labute approximate surface area is 120 Å². The van der Waals surface area contributed by atoms with Gasteiger partial charge in [0.1, 0.15) is 0 Å². The van der Waals surface area contributed by atoms with Crippen molar-refractivity contribution in [2.24, 2.45) is 7.05 Å². The van der Waals surface area contributed by atoms with Gasteiger partial charge in [0.15, 0.2) is 5.82 Å². The molecule has 4 nitrogen and oxygen atoms in total. The van der Waals surface area contributed by atoms with Crippen molar-refractivity contribution in [2.45, 2.75) is 25.9 Å². The van der Waals surface area contributed by atoms with Crippen molar-refractivity contribution in [1.82, 2.24) is 9.78 Å². The van der Waals surface area contributed by atoms with Gasteiger partial charge < -0.3 is 11.1 Å². The van der Waals surface area contributed by atoms with Crippen molar-refractivity contribution in [3.05, 3.63) is 35.5 Å². The average Bonchev–Trinajstić information content (AvgIpc) is 2.66. The Hall–Kier alpha value is -2.18. The predicted molar refractivity (Wildman–Crippen MR) is 76.3 cm³/mol.